The van der Waals surface area contributed by atoms with Crippen LogP contribution < -0.4 is 5.73 Å². The third-order valence-electron chi connectivity index (χ3n) is 1.90. The van der Waals surface area contributed by atoms with Crippen LogP contribution in [0.4, 0.5) is 5.69 Å². The Morgan fingerprint density at radius 2 is 2.15 bits per heavy atom. The molecule has 1 rings (SSSR count). The first-order valence-corrected chi connectivity index (χ1v) is 4.42. The second kappa shape index (κ2) is 3.95. The molecule has 68 valence electrons. The van der Waals surface area contributed by atoms with Crippen molar-refractivity contribution in [3.63, 3.8) is 0 Å². The van der Waals surface area contributed by atoms with Crippen LogP contribution in [0.1, 0.15) is 25.0 Å². The van der Waals surface area contributed by atoms with Gasteiger partial charge in [-0.25, -0.2) is 0 Å². The third kappa shape index (κ3) is 2.48. The van der Waals surface area contributed by atoms with Crippen LogP contribution in [-0.4, -0.2) is 0 Å². The number of nitrogen functional groups attached to an aromatic ring is 1. The lowest BCUT2D eigenvalue weighted by Crippen LogP contribution is -1.99. The van der Waals surface area contributed by atoms with E-state index in [1.807, 2.05) is 6.07 Å². The van der Waals surface area contributed by atoms with E-state index in [-0.39, 0.29) is 0 Å². The second-order valence-electron chi connectivity index (χ2n) is 3.62. The molecule has 0 aromatic heterocycles. The van der Waals surface area contributed by atoms with Gasteiger partial charge in [0, 0.05) is 5.69 Å². The molecule has 1 aromatic carbocycles. The summed E-state index contributed by atoms with van der Waals surface area (Å²) >= 11 is 0. The number of hydrogen-bond donors (Lipinski definition) is 1. The minimum atomic E-state index is 0.566. The van der Waals surface area contributed by atoms with Crippen molar-refractivity contribution >= 4 is 5.69 Å². The zero-order valence-corrected chi connectivity index (χ0v) is 8.04. The second-order valence-corrected chi connectivity index (χ2v) is 3.62. The maximum Gasteiger partial charge on any atom is 0.0991 e. The Bertz CT molecular complexity index is 334. The van der Waals surface area contributed by atoms with E-state index in [2.05, 4.69) is 19.9 Å². The first kappa shape index (κ1) is 9.60. The Morgan fingerprint density at radius 1 is 1.46 bits per heavy atom. The van der Waals surface area contributed by atoms with Crippen molar-refractivity contribution in [3.8, 4) is 6.07 Å². The Kier molecular flexibility index (Phi) is 2.92. The van der Waals surface area contributed by atoms with Crippen LogP contribution in [0, 0.1) is 17.2 Å². The standard InChI is InChI=1S/C11H14N2/c1-8(2)5-10-6-9(7-12)3-4-11(10)13/h3-4,6,8H,5,13H2,1-2H3. The molecule has 0 unspecified atom stereocenters. The van der Waals surface area contributed by atoms with E-state index in [1.54, 1.807) is 12.1 Å². The van der Waals surface area contributed by atoms with Crippen molar-refractivity contribution in [3.05, 3.63) is 29.3 Å². The first-order valence-electron chi connectivity index (χ1n) is 4.42. The van der Waals surface area contributed by atoms with Crippen molar-refractivity contribution in [2.75, 3.05) is 5.73 Å². The van der Waals surface area contributed by atoms with Gasteiger partial charge in [0.1, 0.15) is 0 Å². The summed E-state index contributed by atoms with van der Waals surface area (Å²) in [5.41, 5.74) is 8.33. The molecular formula is C11H14N2. The summed E-state index contributed by atoms with van der Waals surface area (Å²) in [6.45, 7) is 4.27. The molecule has 0 saturated carbocycles. The predicted octanol–water partition coefficient (Wildman–Crippen LogP) is 2.34. The molecule has 2 N–H and O–H groups in total. The van der Waals surface area contributed by atoms with Gasteiger partial charge in [-0.1, -0.05) is 13.8 Å². The molecule has 0 radical (unpaired) electrons. The minimum absolute atomic E-state index is 0.566. The quantitative estimate of drug-likeness (QED) is 0.699. The smallest absolute Gasteiger partial charge is 0.0991 e. The molecular weight excluding hydrogens is 160 g/mol. The Hall–Kier alpha value is -1.49. The van der Waals surface area contributed by atoms with Gasteiger partial charge in [-0.3, -0.25) is 0 Å². The summed E-state index contributed by atoms with van der Waals surface area (Å²) in [4.78, 5) is 0. The number of nitriles is 1. The zero-order chi connectivity index (χ0) is 9.84. The van der Waals surface area contributed by atoms with Gasteiger partial charge in [-0.2, -0.15) is 5.26 Å². The summed E-state index contributed by atoms with van der Waals surface area (Å²) in [6, 6.07) is 7.53. The van der Waals surface area contributed by atoms with Gasteiger partial charge in [0.15, 0.2) is 0 Å². The molecule has 0 aliphatic heterocycles. The Balaban J connectivity index is 2.99. The molecule has 0 spiro atoms. The maximum atomic E-state index is 8.70. The molecule has 0 atom stereocenters. The lowest BCUT2D eigenvalue weighted by atomic mass is 10.00. The summed E-state index contributed by atoms with van der Waals surface area (Å²) in [6.07, 6.45) is 0.932. The highest BCUT2D eigenvalue weighted by Gasteiger charge is 2.03. The van der Waals surface area contributed by atoms with Crippen LogP contribution in [0.5, 0.6) is 0 Å². The van der Waals surface area contributed by atoms with Crippen molar-refractivity contribution in [2.24, 2.45) is 5.92 Å². The van der Waals surface area contributed by atoms with Crippen molar-refractivity contribution in [1.29, 1.82) is 5.26 Å². The van der Waals surface area contributed by atoms with E-state index >= 15 is 0 Å². The number of nitrogens with two attached hydrogens (primary N) is 1. The number of nitrogens with zero attached hydrogens (tertiary/aromatic N) is 1. The highest BCUT2D eigenvalue weighted by molar-refractivity contribution is 5.51. The zero-order valence-electron chi connectivity index (χ0n) is 8.04. The number of anilines is 1. The minimum Gasteiger partial charge on any atom is -0.399 e. The van der Waals surface area contributed by atoms with E-state index < -0.39 is 0 Å². The van der Waals surface area contributed by atoms with Crippen LogP contribution in [0.15, 0.2) is 18.2 Å². The highest BCUT2D eigenvalue weighted by Crippen LogP contribution is 2.17. The molecule has 0 saturated heterocycles. The summed E-state index contributed by atoms with van der Waals surface area (Å²) in [5.74, 6) is 0.566. The molecule has 0 bridgehead atoms. The van der Waals surface area contributed by atoms with Gasteiger partial charge in [-0.15, -0.1) is 0 Å². The Morgan fingerprint density at radius 3 is 2.69 bits per heavy atom. The molecule has 0 heterocycles. The molecule has 0 aliphatic rings. The molecule has 2 heteroatoms. The average molecular weight is 174 g/mol. The van der Waals surface area contributed by atoms with E-state index in [4.69, 9.17) is 11.0 Å². The maximum absolute atomic E-state index is 8.70. The van der Waals surface area contributed by atoms with E-state index in [1.165, 1.54) is 0 Å². The molecule has 13 heavy (non-hydrogen) atoms. The van der Waals surface area contributed by atoms with Crippen molar-refractivity contribution in [1.82, 2.24) is 0 Å². The highest BCUT2D eigenvalue weighted by atomic mass is 14.6. The van der Waals surface area contributed by atoms with Gasteiger partial charge in [0.25, 0.3) is 0 Å². The van der Waals surface area contributed by atoms with Crippen LogP contribution in [0.3, 0.4) is 0 Å². The van der Waals surface area contributed by atoms with Crippen molar-refractivity contribution < 1.29 is 0 Å². The van der Waals surface area contributed by atoms with Crippen LogP contribution in [0.25, 0.3) is 0 Å². The molecule has 1 aromatic rings. The average Bonchev–Trinajstić information content (AvgIpc) is 2.08. The third-order valence-corrected chi connectivity index (χ3v) is 1.90. The molecule has 2 nitrogen and oxygen atoms in total. The normalized spacial score (nSPS) is 10.0. The SMILES string of the molecule is CC(C)Cc1cc(C#N)ccc1N. The largest absolute Gasteiger partial charge is 0.399 e. The van der Waals surface area contributed by atoms with Crippen LogP contribution in [-0.2, 0) is 6.42 Å². The van der Waals surface area contributed by atoms with E-state index in [0.717, 1.165) is 17.7 Å². The van der Waals surface area contributed by atoms with Gasteiger partial charge < -0.3 is 5.73 Å². The van der Waals surface area contributed by atoms with Crippen LogP contribution in [0.2, 0.25) is 0 Å². The summed E-state index contributed by atoms with van der Waals surface area (Å²) in [7, 11) is 0. The van der Waals surface area contributed by atoms with Gasteiger partial charge in [0.2, 0.25) is 0 Å². The summed E-state index contributed by atoms with van der Waals surface area (Å²) in [5, 5.41) is 8.70. The number of hydrogen-bond acceptors (Lipinski definition) is 2. The topological polar surface area (TPSA) is 49.8 Å². The summed E-state index contributed by atoms with van der Waals surface area (Å²) < 4.78 is 0. The lowest BCUT2D eigenvalue weighted by Gasteiger charge is -2.08. The van der Waals surface area contributed by atoms with E-state index in [0.29, 0.717) is 11.5 Å². The van der Waals surface area contributed by atoms with Crippen molar-refractivity contribution in [2.45, 2.75) is 20.3 Å². The molecule has 0 fully saturated rings. The molecule has 0 amide bonds. The fraction of sp³-hybridized carbons (Fsp3) is 0.364. The number of rotatable bonds is 2. The molecule has 0 aliphatic carbocycles. The first-order chi connectivity index (χ1) is 6.13. The fourth-order valence-corrected chi connectivity index (χ4v) is 1.29. The Labute approximate surface area is 79.0 Å². The number of benzene rings is 1. The van der Waals surface area contributed by atoms with Gasteiger partial charge in [0.05, 0.1) is 11.6 Å². The van der Waals surface area contributed by atoms with Gasteiger partial charge >= 0.3 is 0 Å². The lowest BCUT2D eigenvalue weighted by molar-refractivity contribution is 0.648. The predicted molar refractivity (Wildman–Crippen MR) is 54.1 cm³/mol. The monoisotopic (exact) mass is 174 g/mol. The van der Waals surface area contributed by atoms with Crippen LogP contribution >= 0.6 is 0 Å². The van der Waals surface area contributed by atoms with Gasteiger partial charge in [-0.05, 0) is 36.1 Å². The fourth-order valence-electron chi connectivity index (χ4n) is 1.29. The van der Waals surface area contributed by atoms with E-state index in [9.17, 15) is 0 Å².